The van der Waals surface area contributed by atoms with E-state index < -0.39 is 0 Å². The first-order valence-corrected chi connectivity index (χ1v) is 11.2. The normalized spacial score (nSPS) is 16.5. The van der Waals surface area contributed by atoms with Gasteiger partial charge in [-0.05, 0) is 73.5 Å². The lowest BCUT2D eigenvalue weighted by molar-refractivity contribution is 0.262. The van der Waals surface area contributed by atoms with Crippen LogP contribution in [-0.2, 0) is 13.0 Å². The van der Waals surface area contributed by atoms with E-state index in [0.29, 0.717) is 12.0 Å². The topological polar surface area (TPSA) is 35.6 Å². The summed E-state index contributed by atoms with van der Waals surface area (Å²) in [5, 5.41) is 9.24. The monoisotopic (exact) mass is 398 g/mol. The molecule has 3 heterocycles. The Hall–Kier alpha value is -1.79. The zero-order valence-electron chi connectivity index (χ0n) is 15.8. The van der Waals surface area contributed by atoms with E-state index in [2.05, 4.69) is 45.4 Å². The second-order valence-corrected chi connectivity index (χ2v) is 8.60. The smallest absolute Gasteiger partial charge is 0.198 e. The minimum Gasteiger partial charge on any atom is -0.297 e. The van der Waals surface area contributed by atoms with Crippen LogP contribution >= 0.6 is 23.6 Å². The molecule has 0 spiro atoms. The van der Waals surface area contributed by atoms with Crippen molar-refractivity contribution in [2.75, 3.05) is 0 Å². The highest BCUT2D eigenvalue weighted by atomic mass is 32.1. The van der Waals surface area contributed by atoms with Gasteiger partial charge in [-0.3, -0.25) is 9.55 Å². The highest BCUT2D eigenvalue weighted by molar-refractivity contribution is 7.71. The van der Waals surface area contributed by atoms with Crippen molar-refractivity contribution in [2.45, 2.75) is 58.0 Å². The molecule has 0 radical (unpaired) electrons. The summed E-state index contributed by atoms with van der Waals surface area (Å²) in [6.45, 7) is 3.13. The Bertz CT molecular complexity index is 906. The molecule has 3 aromatic rings. The Labute approximate surface area is 169 Å². The molecule has 1 aliphatic rings. The van der Waals surface area contributed by atoms with Crippen molar-refractivity contribution in [1.29, 1.82) is 0 Å². The summed E-state index contributed by atoms with van der Waals surface area (Å²) in [6.07, 6.45) is 11.2. The van der Waals surface area contributed by atoms with Gasteiger partial charge in [-0.25, -0.2) is 4.68 Å². The third-order valence-corrected chi connectivity index (χ3v) is 6.84. The lowest BCUT2D eigenvalue weighted by Crippen LogP contribution is -2.20. The highest BCUT2D eigenvalue weighted by Crippen LogP contribution is 2.35. The summed E-state index contributed by atoms with van der Waals surface area (Å²) < 4.78 is 5.19. The first-order chi connectivity index (χ1) is 13.2. The third kappa shape index (κ3) is 4.06. The van der Waals surface area contributed by atoms with Crippen LogP contribution in [0.2, 0.25) is 0 Å². The fourth-order valence-corrected chi connectivity index (χ4v) is 5.15. The molecule has 0 unspecified atom stereocenters. The molecule has 1 fully saturated rings. The predicted molar refractivity (Wildman–Crippen MR) is 114 cm³/mol. The molecule has 6 heteroatoms. The van der Waals surface area contributed by atoms with Crippen molar-refractivity contribution in [3.05, 3.63) is 51.7 Å². The molecule has 0 saturated heterocycles. The predicted octanol–water partition coefficient (Wildman–Crippen LogP) is 5.92. The van der Waals surface area contributed by atoms with Gasteiger partial charge in [-0.15, -0.1) is 0 Å². The van der Waals surface area contributed by atoms with Gasteiger partial charge in [-0.1, -0.05) is 19.3 Å². The van der Waals surface area contributed by atoms with Crippen LogP contribution in [0.25, 0.3) is 11.4 Å². The van der Waals surface area contributed by atoms with E-state index in [-0.39, 0.29) is 0 Å². The molecule has 142 valence electrons. The van der Waals surface area contributed by atoms with E-state index in [1.165, 1.54) is 43.2 Å². The summed E-state index contributed by atoms with van der Waals surface area (Å²) in [6, 6.07) is 6.66. The number of hydrogen-bond acceptors (Lipinski definition) is 4. The fraction of sp³-hybridized carbons (Fsp3) is 0.476. The zero-order valence-corrected chi connectivity index (χ0v) is 17.4. The molecule has 1 atom stereocenters. The molecule has 4 rings (SSSR count). The van der Waals surface area contributed by atoms with Gasteiger partial charge < -0.3 is 0 Å². The van der Waals surface area contributed by atoms with Gasteiger partial charge in [0, 0.05) is 35.9 Å². The van der Waals surface area contributed by atoms with E-state index in [4.69, 9.17) is 17.3 Å². The first-order valence-electron chi connectivity index (χ1n) is 9.85. The summed E-state index contributed by atoms with van der Waals surface area (Å²) in [5.41, 5.74) is 2.44. The van der Waals surface area contributed by atoms with Crippen molar-refractivity contribution in [2.24, 2.45) is 5.92 Å². The Morgan fingerprint density at radius 1 is 1.19 bits per heavy atom. The van der Waals surface area contributed by atoms with Gasteiger partial charge in [-0.2, -0.15) is 16.4 Å². The van der Waals surface area contributed by atoms with Gasteiger partial charge in [0.05, 0.1) is 0 Å². The van der Waals surface area contributed by atoms with Crippen LogP contribution < -0.4 is 0 Å². The van der Waals surface area contributed by atoms with E-state index in [9.17, 15) is 0 Å². The maximum atomic E-state index is 5.90. The van der Waals surface area contributed by atoms with E-state index in [0.717, 1.165) is 23.6 Å². The average Bonchev–Trinajstić information content (AvgIpc) is 3.35. The Balaban J connectivity index is 1.66. The number of nitrogens with zero attached hydrogens (tertiary/aromatic N) is 4. The lowest BCUT2D eigenvalue weighted by atomic mass is 9.84. The Morgan fingerprint density at radius 2 is 1.96 bits per heavy atom. The number of aryl methyl sites for hydroxylation is 2. The van der Waals surface area contributed by atoms with Crippen molar-refractivity contribution >= 4 is 23.6 Å². The van der Waals surface area contributed by atoms with E-state index in [1.54, 1.807) is 11.3 Å². The SMILES string of the molecule is C[C@H](C1CCCCC1)n1c(-c2ccsc2)nn(CCc2ccncc2)c1=S. The summed E-state index contributed by atoms with van der Waals surface area (Å²) in [7, 11) is 0. The fourth-order valence-electron chi connectivity index (χ4n) is 4.13. The van der Waals surface area contributed by atoms with Crippen molar-refractivity contribution in [3.63, 3.8) is 0 Å². The number of aromatic nitrogens is 4. The van der Waals surface area contributed by atoms with Crippen LogP contribution in [-0.4, -0.2) is 19.3 Å². The molecule has 0 aliphatic heterocycles. The van der Waals surface area contributed by atoms with Crippen LogP contribution in [0.15, 0.2) is 41.4 Å². The number of hydrogen-bond donors (Lipinski definition) is 0. The van der Waals surface area contributed by atoms with Gasteiger partial charge >= 0.3 is 0 Å². The average molecular weight is 399 g/mol. The van der Waals surface area contributed by atoms with E-state index in [1.807, 2.05) is 17.1 Å². The summed E-state index contributed by atoms with van der Waals surface area (Å²) >= 11 is 7.61. The summed E-state index contributed by atoms with van der Waals surface area (Å²) in [4.78, 5) is 4.10. The number of thiophene rings is 1. The molecular weight excluding hydrogens is 372 g/mol. The van der Waals surface area contributed by atoms with Crippen LogP contribution in [0.4, 0.5) is 0 Å². The molecular formula is C21H26N4S2. The number of pyridine rings is 1. The van der Waals surface area contributed by atoms with Crippen molar-refractivity contribution in [3.8, 4) is 11.4 Å². The molecule has 1 saturated carbocycles. The van der Waals surface area contributed by atoms with Crippen LogP contribution in [0.1, 0.15) is 50.6 Å². The highest BCUT2D eigenvalue weighted by Gasteiger charge is 2.26. The Morgan fingerprint density at radius 3 is 2.67 bits per heavy atom. The quantitative estimate of drug-likeness (QED) is 0.483. The second-order valence-electron chi connectivity index (χ2n) is 7.46. The van der Waals surface area contributed by atoms with Gasteiger partial charge in [0.25, 0.3) is 0 Å². The van der Waals surface area contributed by atoms with Crippen LogP contribution in [0.5, 0.6) is 0 Å². The molecule has 4 nitrogen and oxygen atoms in total. The second kappa shape index (κ2) is 8.48. The van der Waals surface area contributed by atoms with Crippen LogP contribution in [0, 0.1) is 10.7 Å². The zero-order chi connectivity index (χ0) is 18.6. The molecule has 1 aliphatic carbocycles. The maximum absolute atomic E-state index is 5.90. The molecule has 0 aromatic carbocycles. The van der Waals surface area contributed by atoms with Gasteiger partial charge in [0.1, 0.15) is 0 Å². The Kier molecular flexibility index (Phi) is 5.83. The molecule has 3 aromatic heterocycles. The molecule has 0 N–H and O–H groups in total. The van der Waals surface area contributed by atoms with Crippen LogP contribution in [0.3, 0.4) is 0 Å². The number of rotatable bonds is 6. The van der Waals surface area contributed by atoms with Crippen molar-refractivity contribution in [1.82, 2.24) is 19.3 Å². The maximum Gasteiger partial charge on any atom is 0.198 e. The minimum absolute atomic E-state index is 0.391. The van der Waals surface area contributed by atoms with E-state index >= 15 is 0 Å². The van der Waals surface area contributed by atoms with Gasteiger partial charge in [0.2, 0.25) is 0 Å². The van der Waals surface area contributed by atoms with Gasteiger partial charge in [0.15, 0.2) is 10.6 Å². The third-order valence-electron chi connectivity index (χ3n) is 5.75. The minimum atomic E-state index is 0.391. The molecule has 0 bridgehead atoms. The molecule has 0 amide bonds. The standard InChI is InChI=1S/C21H26N4S2/c1-16(18-5-3-2-4-6-18)25-20(19-10-14-27-15-19)23-24(21(25)26)13-9-17-7-11-22-12-8-17/h7-8,10-12,14-16,18H,2-6,9,13H2,1H3/t16-/m1/s1. The summed E-state index contributed by atoms with van der Waals surface area (Å²) in [5.74, 6) is 1.72. The lowest BCUT2D eigenvalue weighted by Gasteiger charge is -2.29. The largest absolute Gasteiger partial charge is 0.297 e. The van der Waals surface area contributed by atoms with Crippen molar-refractivity contribution < 1.29 is 0 Å². The molecule has 27 heavy (non-hydrogen) atoms. The first kappa shape index (κ1) is 18.6.